The van der Waals surface area contributed by atoms with Gasteiger partial charge in [0.05, 0.1) is 11.3 Å². The lowest BCUT2D eigenvalue weighted by molar-refractivity contribution is -0.136. The summed E-state index contributed by atoms with van der Waals surface area (Å²) < 4.78 is 38.9. The van der Waals surface area contributed by atoms with E-state index in [1.807, 2.05) is 5.10 Å². The first-order valence-corrected chi connectivity index (χ1v) is 6.30. The molecule has 0 aliphatic rings. The van der Waals surface area contributed by atoms with Gasteiger partial charge in [-0.2, -0.15) is 18.3 Å². The molecule has 0 aliphatic heterocycles. The van der Waals surface area contributed by atoms with Gasteiger partial charge in [-0.1, -0.05) is 15.9 Å². The minimum Gasteiger partial charge on any atom is -0.320 e. The first-order chi connectivity index (χ1) is 9.77. The van der Waals surface area contributed by atoms with E-state index in [0.717, 1.165) is 24.3 Å². The second-order valence-electron chi connectivity index (χ2n) is 3.95. The number of hydrogen-bond donors (Lipinski definition) is 2. The first-order valence-electron chi connectivity index (χ1n) is 5.51. The minimum absolute atomic E-state index is 0.203. The molecule has 0 saturated carbocycles. The Bertz CT molecular complexity index is 723. The Morgan fingerprint density at radius 3 is 2.52 bits per heavy atom. The summed E-state index contributed by atoms with van der Waals surface area (Å²) in [4.78, 5) is 22.6. The number of alkyl halides is 3. The third-order valence-corrected chi connectivity index (χ3v) is 2.94. The summed E-state index contributed by atoms with van der Waals surface area (Å²) in [7, 11) is 0. The third kappa shape index (κ3) is 3.69. The molecule has 0 spiro atoms. The van der Waals surface area contributed by atoms with Gasteiger partial charge in [-0.15, -0.1) is 0 Å². The van der Waals surface area contributed by atoms with Crippen molar-refractivity contribution >= 4 is 27.5 Å². The highest BCUT2D eigenvalue weighted by Gasteiger charge is 2.34. The van der Waals surface area contributed by atoms with E-state index in [0.29, 0.717) is 0 Å². The van der Waals surface area contributed by atoms with E-state index in [4.69, 9.17) is 0 Å². The quantitative estimate of drug-likeness (QED) is 0.863. The number of aromatic nitrogens is 2. The molecule has 2 rings (SSSR count). The lowest BCUT2D eigenvalue weighted by atomic mass is 10.1. The monoisotopic (exact) mass is 361 g/mol. The highest BCUT2D eigenvalue weighted by atomic mass is 79.9. The maximum absolute atomic E-state index is 12.9. The van der Waals surface area contributed by atoms with Crippen LogP contribution in [-0.4, -0.2) is 16.1 Å². The van der Waals surface area contributed by atoms with Crippen LogP contribution in [0, 0.1) is 0 Å². The Hall–Kier alpha value is -2.16. The average Bonchev–Trinajstić information content (AvgIpc) is 2.40. The number of halogens is 4. The lowest BCUT2D eigenvalue weighted by Crippen LogP contribution is -2.19. The van der Waals surface area contributed by atoms with Crippen molar-refractivity contribution in [1.29, 1.82) is 0 Å². The topological polar surface area (TPSA) is 74.8 Å². The Morgan fingerprint density at radius 2 is 1.95 bits per heavy atom. The Kier molecular flexibility index (Phi) is 4.12. The summed E-state index contributed by atoms with van der Waals surface area (Å²) >= 11 is 2.94. The van der Waals surface area contributed by atoms with E-state index in [1.54, 1.807) is 0 Å². The summed E-state index contributed by atoms with van der Waals surface area (Å²) in [5.74, 6) is -0.862. The average molecular weight is 362 g/mol. The number of aromatic amines is 1. The van der Waals surface area contributed by atoms with Crippen LogP contribution < -0.4 is 10.9 Å². The van der Waals surface area contributed by atoms with E-state index >= 15 is 0 Å². The van der Waals surface area contributed by atoms with E-state index in [9.17, 15) is 22.8 Å². The number of anilines is 1. The second kappa shape index (κ2) is 5.68. The zero-order valence-corrected chi connectivity index (χ0v) is 11.7. The molecule has 2 aromatic rings. The van der Waals surface area contributed by atoms with Crippen LogP contribution in [0.15, 0.2) is 39.6 Å². The van der Waals surface area contributed by atoms with Gasteiger partial charge in [-0.05, 0) is 24.3 Å². The number of carbonyl (C=O) groups excluding carboxylic acids is 1. The van der Waals surface area contributed by atoms with Gasteiger partial charge in [-0.25, -0.2) is 5.10 Å². The van der Waals surface area contributed by atoms with Gasteiger partial charge in [0.15, 0.2) is 0 Å². The highest BCUT2D eigenvalue weighted by Crippen LogP contribution is 2.36. The number of rotatable bonds is 2. The molecule has 1 heterocycles. The van der Waals surface area contributed by atoms with E-state index in [1.165, 1.54) is 6.07 Å². The van der Waals surface area contributed by atoms with E-state index in [-0.39, 0.29) is 10.2 Å². The second-order valence-corrected chi connectivity index (χ2v) is 4.86. The van der Waals surface area contributed by atoms with Crippen molar-refractivity contribution < 1.29 is 18.0 Å². The highest BCUT2D eigenvalue weighted by molar-refractivity contribution is 9.10. The van der Waals surface area contributed by atoms with Crippen LogP contribution in [0.2, 0.25) is 0 Å². The summed E-state index contributed by atoms with van der Waals surface area (Å²) in [5, 5.41) is 7.58. The molecule has 1 aromatic carbocycles. The van der Waals surface area contributed by atoms with Gasteiger partial charge in [0, 0.05) is 10.5 Å². The number of carbonyl (C=O) groups is 1. The predicted molar refractivity (Wildman–Crippen MR) is 72.0 cm³/mol. The van der Waals surface area contributed by atoms with Gasteiger partial charge in [0.25, 0.3) is 11.5 Å². The molecule has 0 atom stereocenters. The van der Waals surface area contributed by atoms with Gasteiger partial charge >= 0.3 is 6.18 Å². The number of hydrogen-bond acceptors (Lipinski definition) is 3. The van der Waals surface area contributed by atoms with Gasteiger partial charge in [0.1, 0.15) is 5.69 Å². The molecular weight excluding hydrogens is 355 g/mol. The molecule has 0 radical (unpaired) electrons. The molecule has 1 amide bonds. The number of nitrogens with one attached hydrogen (secondary N) is 2. The summed E-state index contributed by atoms with van der Waals surface area (Å²) in [5.41, 5.74) is -2.12. The zero-order valence-electron chi connectivity index (χ0n) is 10.2. The first kappa shape index (κ1) is 15.2. The van der Waals surface area contributed by atoms with Crippen molar-refractivity contribution in [2.24, 2.45) is 0 Å². The fourth-order valence-corrected chi connectivity index (χ4v) is 1.88. The predicted octanol–water partition coefficient (Wildman–Crippen LogP) is 2.80. The molecule has 9 heteroatoms. The number of nitrogens with zero attached hydrogens (tertiary/aromatic N) is 1. The van der Waals surface area contributed by atoms with Gasteiger partial charge in [0.2, 0.25) is 0 Å². The molecule has 110 valence electrons. The maximum atomic E-state index is 12.9. The molecule has 5 nitrogen and oxygen atoms in total. The van der Waals surface area contributed by atoms with Crippen LogP contribution in [0.5, 0.6) is 0 Å². The molecule has 0 aliphatic carbocycles. The summed E-state index contributed by atoms with van der Waals surface area (Å²) in [6.45, 7) is 0. The standard InChI is InChI=1S/C12H7BrF3N3O2/c13-6-1-2-8(7(5-6)12(14,15)16)17-11(21)9-3-4-10(20)19-18-9/h1-5H,(H,17,21)(H,19,20). The van der Waals surface area contributed by atoms with Crippen LogP contribution in [0.1, 0.15) is 16.1 Å². The molecule has 0 fully saturated rings. The molecular formula is C12H7BrF3N3O2. The van der Waals surface area contributed by atoms with Crippen LogP contribution in [-0.2, 0) is 6.18 Å². The van der Waals surface area contributed by atoms with Gasteiger partial charge in [-0.3, -0.25) is 9.59 Å². The lowest BCUT2D eigenvalue weighted by Gasteiger charge is -2.13. The molecule has 0 saturated heterocycles. The number of H-pyrrole nitrogens is 1. The summed E-state index contributed by atoms with van der Waals surface area (Å²) in [6, 6.07) is 5.51. The van der Waals surface area contributed by atoms with Crippen molar-refractivity contribution in [3.05, 3.63) is 56.4 Å². The molecule has 0 unspecified atom stereocenters. The number of amides is 1. The SMILES string of the molecule is O=C(Nc1ccc(Br)cc1C(F)(F)F)c1ccc(=O)[nH]n1. The van der Waals surface area contributed by atoms with Crippen molar-refractivity contribution in [2.45, 2.75) is 6.18 Å². The van der Waals surface area contributed by atoms with Crippen LogP contribution in [0.3, 0.4) is 0 Å². The Labute approximate surface area is 124 Å². The molecule has 21 heavy (non-hydrogen) atoms. The molecule has 0 bridgehead atoms. The fourth-order valence-electron chi connectivity index (χ4n) is 1.52. The maximum Gasteiger partial charge on any atom is 0.418 e. The molecule has 2 N–H and O–H groups in total. The van der Waals surface area contributed by atoms with Crippen molar-refractivity contribution in [3.63, 3.8) is 0 Å². The van der Waals surface area contributed by atoms with Crippen molar-refractivity contribution in [1.82, 2.24) is 10.2 Å². The zero-order chi connectivity index (χ0) is 15.6. The van der Waals surface area contributed by atoms with Crippen molar-refractivity contribution in [2.75, 3.05) is 5.32 Å². The van der Waals surface area contributed by atoms with Crippen LogP contribution in [0.4, 0.5) is 18.9 Å². The number of benzene rings is 1. The normalized spacial score (nSPS) is 11.2. The summed E-state index contributed by atoms with van der Waals surface area (Å²) in [6.07, 6.45) is -4.62. The Balaban J connectivity index is 2.33. The Morgan fingerprint density at radius 1 is 1.24 bits per heavy atom. The van der Waals surface area contributed by atoms with Crippen molar-refractivity contribution in [3.8, 4) is 0 Å². The van der Waals surface area contributed by atoms with E-state index < -0.39 is 28.9 Å². The van der Waals surface area contributed by atoms with Crippen LogP contribution in [0.25, 0.3) is 0 Å². The largest absolute Gasteiger partial charge is 0.418 e. The van der Waals surface area contributed by atoms with E-state index in [2.05, 4.69) is 26.3 Å². The minimum atomic E-state index is -4.62. The molecule has 1 aromatic heterocycles. The van der Waals surface area contributed by atoms with Gasteiger partial charge < -0.3 is 5.32 Å². The third-order valence-electron chi connectivity index (χ3n) is 2.45. The van der Waals surface area contributed by atoms with Crippen LogP contribution >= 0.6 is 15.9 Å². The fraction of sp³-hybridized carbons (Fsp3) is 0.0833. The smallest absolute Gasteiger partial charge is 0.320 e.